The molecule has 0 bridgehead atoms. The number of rotatable bonds is 6. The van der Waals surface area contributed by atoms with E-state index >= 15 is 0 Å². The molecular weight excluding hydrogens is 295 g/mol. The van der Waals surface area contributed by atoms with Crippen LogP contribution in [0.5, 0.6) is 5.75 Å². The third kappa shape index (κ3) is 4.67. The van der Waals surface area contributed by atoms with Crippen LogP contribution in [0.25, 0.3) is 0 Å². The molecule has 0 N–H and O–H groups in total. The van der Waals surface area contributed by atoms with Crippen LogP contribution in [-0.4, -0.2) is 15.0 Å². The lowest BCUT2D eigenvalue weighted by molar-refractivity contribution is 0.246. The van der Waals surface area contributed by atoms with E-state index < -0.39 is 9.05 Å². The molecule has 1 unspecified atom stereocenters. The molecule has 0 saturated heterocycles. The Kier molecular flexibility index (Phi) is 5.76. The van der Waals surface area contributed by atoms with Crippen molar-refractivity contribution in [2.75, 3.05) is 6.61 Å². The SMILES string of the molecule is CCCC(C)COc1ccc(Cl)cc1S(=O)(=O)Cl. The largest absolute Gasteiger partial charge is 0.492 e. The molecule has 0 aliphatic heterocycles. The fourth-order valence-corrected chi connectivity index (χ4v) is 2.83. The van der Waals surface area contributed by atoms with Crippen LogP contribution in [-0.2, 0) is 9.05 Å². The molecule has 0 aromatic heterocycles. The number of benzene rings is 1. The summed E-state index contributed by atoms with van der Waals surface area (Å²) in [6.45, 7) is 4.59. The fourth-order valence-electron chi connectivity index (χ4n) is 1.60. The molecule has 102 valence electrons. The molecule has 1 aromatic rings. The first-order valence-electron chi connectivity index (χ1n) is 5.71. The van der Waals surface area contributed by atoms with E-state index in [1.807, 2.05) is 6.92 Å². The average Bonchev–Trinajstić information content (AvgIpc) is 2.26. The first kappa shape index (κ1) is 15.6. The van der Waals surface area contributed by atoms with Crippen LogP contribution in [0.1, 0.15) is 26.7 Å². The summed E-state index contributed by atoms with van der Waals surface area (Å²) >= 11 is 5.76. The molecule has 0 aliphatic carbocycles. The van der Waals surface area contributed by atoms with Crippen molar-refractivity contribution >= 4 is 31.3 Å². The van der Waals surface area contributed by atoms with Crippen molar-refractivity contribution in [3.05, 3.63) is 23.2 Å². The normalized spacial score (nSPS) is 13.3. The highest BCUT2D eigenvalue weighted by Gasteiger charge is 2.18. The predicted octanol–water partition coefficient (Wildman–Crippen LogP) is 4.08. The summed E-state index contributed by atoms with van der Waals surface area (Å²) in [7, 11) is 1.49. The summed E-state index contributed by atoms with van der Waals surface area (Å²) in [4.78, 5) is -0.0830. The zero-order valence-electron chi connectivity index (χ0n) is 10.3. The second-order valence-corrected chi connectivity index (χ2v) is 7.20. The second kappa shape index (κ2) is 6.64. The van der Waals surface area contributed by atoms with E-state index in [-0.39, 0.29) is 10.6 Å². The lowest BCUT2D eigenvalue weighted by Gasteiger charge is -2.14. The summed E-state index contributed by atoms with van der Waals surface area (Å²) in [5.41, 5.74) is 0. The van der Waals surface area contributed by atoms with Gasteiger partial charge in [0.15, 0.2) is 0 Å². The third-order valence-electron chi connectivity index (χ3n) is 2.47. The minimum atomic E-state index is -3.85. The van der Waals surface area contributed by atoms with Crippen LogP contribution >= 0.6 is 22.3 Å². The molecule has 0 fully saturated rings. The summed E-state index contributed by atoms with van der Waals surface area (Å²) < 4.78 is 28.3. The predicted molar refractivity (Wildman–Crippen MR) is 74.1 cm³/mol. The minimum Gasteiger partial charge on any atom is -0.492 e. The van der Waals surface area contributed by atoms with Gasteiger partial charge in [0.25, 0.3) is 9.05 Å². The van der Waals surface area contributed by atoms with E-state index in [1.165, 1.54) is 12.1 Å². The number of ether oxygens (including phenoxy) is 1. The van der Waals surface area contributed by atoms with Crippen molar-refractivity contribution in [1.29, 1.82) is 0 Å². The van der Waals surface area contributed by atoms with Gasteiger partial charge in [-0.15, -0.1) is 0 Å². The van der Waals surface area contributed by atoms with Crippen LogP contribution < -0.4 is 4.74 Å². The highest BCUT2D eigenvalue weighted by Crippen LogP contribution is 2.30. The molecule has 18 heavy (non-hydrogen) atoms. The number of halogens is 2. The van der Waals surface area contributed by atoms with Crippen LogP contribution in [0.2, 0.25) is 5.02 Å². The highest BCUT2D eigenvalue weighted by atomic mass is 35.7. The van der Waals surface area contributed by atoms with Gasteiger partial charge in [-0.25, -0.2) is 8.42 Å². The van der Waals surface area contributed by atoms with Gasteiger partial charge in [0, 0.05) is 15.7 Å². The molecule has 0 spiro atoms. The van der Waals surface area contributed by atoms with Gasteiger partial charge in [0.2, 0.25) is 0 Å². The molecule has 0 heterocycles. The molecule has 0 saturated carbocycles. The fraction of sp³-hybridized carbons (Fsp3) is 0.500. The van der Waals surface area contributed by atoms with Crippen molar-refractivity contribution in [2.24, 2.45) is 5.92 Å². The Hall–Kier alpha value is -0.450. The Labute approximate surface area is 117 Å². The van der Waals surface area contributed by atoms with Gasteiger partial charge in [-0.05, 0) is 30.5 Å². The van der Waals surface area contributed by atoms with Gasteiger partial charge in [0.1, 0.15) is 10.6 Å². The number of hydrogen-bond donors (Lipinski definition) is 0. The monoisotopic (exact) mass is 310 g/mol. The molecule has 0 radical (unpaired) electrons. The van der Waals surface area contributed by atoms with E-state index in [4.69, 9.17) is 27.0 Å². The Bertz CT molecular complexity index is 500. The van der Waals surface area contributed by atoms with E-state index in [0.29, 0.717) is 17.5 Å². The molecule has 1 aromatic carbocycles. The molecule has 0 amide bonds. The Morgan fingerprint density at radius 1 is 1.39 bits per heavy atom. The second-order valence-electron chi connectivity index (χ2n) is 4.23. The highest BCUT2D eigenvalue weighted by molar-refractivity contribution is 8.13. The van der Waals surface area contributed by atoms with Crippen molar-refractivity contribution in [3.8, 4) is 5.75 Å². The Morgan fingerprint density at radius 3 is 2.61 bits per heavy atom. The lowest BCUT2D eigenvalue weighted by Crippen LogP contribution is -2.09. The van der Waals surface area contributed by atoms with E-state index in [2.05, 4.69) is 6.92 Å². The molecule has 0 aliphatic rings. The van der Waals surface area contributed by atoms with E-state index in [0.717, 1.165) is 12.8 Å². The van der Waals surface area contributed by atoms with Gasteiger partial charge in [0.05, 0.1) is 6.61 Å². The van der Waals surface area contributed by atoms with Crippen molar-refractivity contribution in [1.82, 2.24) is 0 Å². The van der Waals surface area contributed by atoms with Gasteiger partial charge in [-0.1, -0.05) is 31.9 Å². The Balaban J connectivity index is 2.89. The summed E-state index contributed by atoms with van der Waals surface area (Å²) in [5, 5.41) is 0.309. The summed E-state index contributed by atoms with van der Waals surface area (Å²) in [5.74, 6) is 0.605. The van der Waals surface area contributed by atoms with Crippen LogP contribution in [0.3, 0.4) is 0 Å². The molecular formula is C12H16Cl2O3S. The smallest absolute Gasteiger partial charge is 0.265 e. The van der Waals surface area contributed by atoms with Gasteiger partial charge in [-0.3, -0.25) is 0 Å². The maximum Gasteiger partial charge on any atom is 0.265 e. The zero-order chi connectivity index (χ0) is 13.8. The summed E-state index contributed by atoms with van der Waals surface area (Å²) in [6.07, 6.45) is 2.09. The summed E-state index contributed by atoms with van der Waals surface area (Å²) in [6, 6.07) is 4.40. The standard InChI is InChI=1S/C12H16Cl2O3S/c1-3-4-9(2)8-17-11-6-5-10(13)7-12(11)18(14,15)16/h5-7,9H,3-4,8H2,1-2H3. The minimum absolute atomic E-state index is 0.0830. The lowest BCUT2D eigenvalue weighted by atomic mass is 10.1. The van der Waals surface area contributed by atoms with Crippen molar-refractivity contribution in [2.45, 2.75) is 31.6 Å². The molecule has 3 nitrogen and oxygen atoms in total. The van der Waals surface area contributed by atoms with Crippen LogP contribution in [0.4, 0.5) is 0 Å². The first-order chi connectivity index (χ1) is 8.34. The van der Waals surface area contributed by atoms with Crippen LogP contribution in [0, 0.1) is 5.92 Å². The quantitative estimate of drug-likeness (QED) is 0.743. The van der Waals surface area contributed by atoms with Crippen molar-refractivity contribution in [3.63, 3.8) is 0 Å². The molecule has 1 rings (SSSR count). The number of hydrogen-bond acceptors (Lipinski definition) is 3. The maximum atomic E-state index is 11.4. The topological polar surface area (TPSA) is 43.4 Å². The maximum absolute atomic E-state index is 11.4. The average molecular weight is 311 g/mol. The van der Waals surface area contributed by atoms with E-state index in [1.54, 1.807) is 6.07 Å². The third-order valence-corrected chi connectivity index (χ3v) is 4.05. The van der Waals surface area contributed by atoms with Gasteiger partial charge >= 0.3 is 0 Å². The molecule has 6 heteroatoms. The first-order valence-corrected chi connectivity index (χ1v) is 8.40. The van der Waals surface area contributed by atoms with Gasteiger partial charge < -0.3 is 4.74 Å². The Morgan fingerprint density at radius 2 is 2.06 bits per heavy atom. The molecule has 1 atom stereocenters. The van der Waals surface area contributed by atoms with Crippen molar-refractivity contribution < 1.29 is 13.2 Å². The zero-order valence-corrected chi connectivity index (χ0v) is 12.6. The van der Waals surface area contributed by atoms with E-state index in [9.17, 15) is 8.42 Å². The van der Waals surface area contributed by atoms with Crippen LogP contribution in [0.15, 0.2) is 23.1 Å². The van der Waals surface area contributed by atoms with Gasteiger partial charge in [-0.2, -0.15) is 0 Å².